The van der Waals surface area contributed by atoms with Crippen molar-refractivity contribution < 1.29 is 14.6 Å². The van der Waals surface area contributed by atoms with E-state index in [1.54, 1.807) is 13.0 Å². The molecule has 0 aromatic heterocycles. The number of ether oxygens (including phenoxy) is 1. The summed E-state index contributed by atoms with van der Waals surface area (Å²) in [6.07, 6.45) is 2.42. The van der Waals surface area contributed by atoms with Crippen LogP contribution < -0.4 is 10.1 Å². The lowest BCUT2D eigenvalue weighted by atomic mass is 10.2. The van der Waals surface area contributed by atoms with Gasteiger partial charge >= 0.3 is 0 Å². The molecule has 0 saturated heterocycles. The highest BCUT2D eigenvalue weighted by molar-refractivity contribution is 6.35. The molecular formula is C15H21Cl2NO3. The summed E-state index contributed by atoms with van der Waals surface area (Å²) in [7, 11) is 0. The third-order valence-corrected chi connectivity index (χ3v) is 3.50. The van der Waals surface area contributed by atoms with Gasteiger partial charge in [0, 0.05) is 17.1 Å². The summed E-state index contributed by atoms with van der Waals surface area (Å²) >= 11 is 11.9. The van der Waals surface area contributed by atoms with Crippen LogP contribution in [0.15, 0.2) is 12.1 Å². The zero-order chi connectivity index (χ0) is 15.8. The Morgan fingerprint density at radius 2 is 2.10 bits per heavy atom. The van der Waals surface area contributed by atoms with E-state index >= 15 is 0 Å². The highest BCUT2D eigenvalue weighted by atomic mass is 35.5. The standard InChI is InChI=1S/C15H21Cl2NO3/c1-3-4-5-6-18-15(20)10(2)21-14-11(9-19)7-12(16)8-13(14)17/h7-8,10,19H,3-6,9H2,1-2H3,(H,18,20). The van der Waals surface area contributed by atoms with Crippen LogP contribution in [0.1, 0.15) is 38.7 Å². The average Bonchev–Trinajstić information content (AvgIpc) is 2.45. The minimum Gasteiger partial charge on any atom is -0.479 e. The van der Waals surface area contributed by atoms with Crippen LogP contribution in [0.5, 0.6) is 5.75 Å². The maximum absolute atomic E-state index is 11.9. The summed E-state index contributed by atoms with van der Waals surface area (Å²) in [4.78, 5) is 11.9. The van der Waals surface area contributed by atoms with E-state index in [2.05, 4.69) is 12.2 Å². The first-order valence-corrected chi connectivity index (χ1v) is 7.78. The molecule has 1 aromatic carbocycles. The van der Waals surface area contributed by atoms with Crippen LogP contribution in [0.3, 0.4) is 0 Å². The van der Waals surface area contributed by atoms with Crippen LogP contribution in [-0.4, -0.2) is 23.7 Å². The van der Waals surface area contributed by atoms with Gasteiger partial charge in [0.2, 0.25) is 0 Å². The van der Waals surface area contributed by atoms with Crippen LogP contribution in [0.4, 0.5) is 0 Å². The molecule has 21 heavy (non-hydrogen) atoms. The number of aliphatic hydroxyl groups is 1. The molecule has 0 saturated carbocycles. The second-order valence-corrected chi connectivity index (χ2v) is 5.64. The van der Waals surface area contributed by atoms with Gasteiger partial charge in [0.1, 0.15) is 5.75 Å². The smallest absolute Gasteiger partial charge is 0.260 e. The molecule has 1 rings (SSSR count). The molecule has 0 spiro atoms. The van der Waals surface area contributed by atoms with Gasteiger partial charge < -0.3 is 15.2 Å². The van der Waals surface area contributed by atoms with Crippen molar-refractivity contribution in [3.05, 3.63) is 27.7 Å². The molecule has 6 heteroatoms. The second-order valence-electron chi connectivity index (χ2n) is 4.79. The average molecular weight is 334 g/mol. The molecule has 0 aliphatic rings. The Morgan fingerprint density at radius 3 is 2.71 bits per heavy atom. The van der Waals surface area contributed by atoms with Crippen molar-refractivity contribution in [2.24, 2.45) is 0 Å². The molecular weight excluding hydrogens is 313 g/mol. The molecule has 1 unspecified atom stereocenters. The Bertz CT molecular complexity index is 480. The number of aliphatic hydroxyl groups excluding tert-OH is 1. The van der Waals surface area contributed by atoms with Crippen LogP contribution >= 0.6 is 23.2 Å². The molecule has 2 N–H and O–H groups in total. The van der Waals surface area contributed by atoms with E-state index in [0.29, 0.717) is 22.9 Å². The molecule has 0 aliphatic carbocycles. The van der Waals surface area contributed by atoms with Crippen molar-refractivity contribution in [2.75, 3.05) is 6.54 Å². The topological polar surface area (TPSA) is 58.6 Å². The molecule has 0 aliphatic heterocycles. The van der Waals surface area contributed by atoms with Crippen LogP contribution in [0.25, 0.3) is 0 Å². The Labute approximate surface area is 135 Å². The van der Waals surface area contributed by atoms with Crippen LogP contribution in [0.2, 0.25) is 10.0 Å². The van der Waals surface area contributed by atoms with Crippen molar-refractivity contribution in [3.8, 4) is 5.75 Å². The summed E-state index contributed by atoms with van der Waals surface area (Å²) in [6.45, 7) is 4.11. The fourth-order valence-corrected chi connectivity index (χ4v) is 2.40. The predicted molar refractivity (Wildman–Crippen MR) is 85.0 cm³/mol. The van der Waals surface area contributed by atoms with Crippen molar-refractivity contribution >= 4 is 29.1 Å². The van der Waals surface area contributed by atoms with E-state index in [-0.39, 0.29) is 17.5 Å². The van der Waals surface area contributed by atoms with Gasteiger partial charge in [-0.2, -0.15) is 0 Å². The lowest BCUT2D eigenvalue weighted by molar-refractivity contribution is -0.127. The molecule has 4 nitrogen and oxygen atoms in total. The predicted octanol–water partition coefficient (Wildman–Crippen LogP) is 3.56. The fourth-order valence-electron chi connectivity index (χ4n) is 1.82. The Hall–Kier alpha value is -0.970. The Kier molecular flexibility index (Phi) is 7.86. The number of carbonyl (C=O) groups excluding carboxylic acids is 1. The normalized spacial score (nSPS) is 12.0. The van der Waals surface area contributed by atoms with Gasteiger partial charge in [-0.15, -0.1) is 0 Å². The second kappa shape index (κ2) is 9.13. The first-order valence-electron chi connectivity index (χ1n) is 7.02. The van der Waals surface area contributed by atoms with Gasteiger partial charge in [-0.25, -0.2) is 0 Å². The molecule has 0 bridgehead atoms. The lowest BCUT2D eigenvalue weighted by Crippen LogP contribution is -2.37. The van der Waals surface area contributed by atoms with Crippen molar-refractivity contribution in [1.82, 2.24) is 5.32 Å². The third kappa shape index (κ3) is 5.73. The van der Waals surface area contributed by atoms with E-state index in [9.17, 15) is 9.90 Å². The number of carbonyl (C=O) groups is 1. The molecule has 0 radical (unpaired) electrons. The summed E-state index contributed by atoms with van der Waals surface area (Å²) < 4.78 is 5.58. The fraction of sp³-hybridized carbons (Fsp3) is 0.533. The molecule has 118 valence electrons. The quantitative estimate of drug-likeness (QED) is 0.715. The van der Waals surface area contributed by atoms with E-state index < -0.39 is 6.10 Å². The van der Waals surface area contributed by atoms with Gasteiger partial charge in [-0.1, -0.05) is 43.0 Å². The highest BCUT2D eigenvalue weighted by Crippen LogP contribution is 2.33. The Morgan fingerprint density at radius 1 is 1.38 bits per heavy atom. The molecule has 1 amide bonds. The minimum absolute atomic E-state index is 0.207. The number of hydrogen-bond acceptors (Lipinski definition) is 3. The first-order chi connectivity index (χ1) is 9.99. The maximum atomic E-state index is 11.9. The van der Waals surface area contributed by atoms with Gasteiger partial charge in [0.05, 0.1) is 11.6 Å². The van der Waals surface area contributed by atoms with Crippen molar-refractivity contribution in [2.45, 2.75) is 45.8 Å². The summed E-state index contributed by atoms with van der Waals surface area (Å²) in [6, 6.07) is 3.08. The number of halogens is 2. The summed E-state index contributed by atoms with van der Waals surface area (Å²) in [5, 5.41) is 12.8. The van der Waals surface area contributed by atoms with E-state index in [1.165, 1.54) is 6.07 Å². The minimum atomic E-state index is -0.699. The maximum Gasteiger partial charge on any atom is 0.260 e. The van der Waals surface area contributed by atoms with Crippen molar-refractivity contribution in [3.63, 3.8) is 0 Å². The Balaban J connectivity index is 2.65. The summed E-state index contributed by atoms with van der Waals surface area (Å²) in [5.41, 5.74) is 0.457. The molecule has 0 heterocycles. The number of benzene rings is 1. The van der Waals surface area contributed by atoms with Crippen LogP contribution in [0, 0.1) is 0 Å². The number of unbranched alkanes of at least 4 members (excludes halogenated alkanes) is 2. The third-order valence-electron chi connectivity index (χ3n) is 3.00. The highest BCUT2D eigenvalue weighted by Gasteiger charge is 2.18. The van der Waals surface area contributed by atoms with Gasteiger partial charge in [0.25, 0.3) is 5.91 Å². The number of hydrogen-bond donors (Lipinski definition) is 2. The van der Waals surface area contributed by atoms with Crippen LogP contribution in [-0.2, 0) is 11.4 Å². The zero-order valence-electron chi connectivity index (χ0n) is 12.3. The number of nitrogens with one attached hydrogen (secondary N) is 1. The van der Waals surface area contributed by atoms with Gasteiger partial charge in [-0.3, -0.25) is 4.79 Å². The lowest BCUT2D eigenvalue weighted by Gasteiger charge is -2.18. The monoisotopic (exact) mass is 333 g/mol. The van der Waals surface area contributed by atoms with E-state index in [4.69, 9.17) is 27.9 Å². The number of rotatable bonds is 8. The first kappa shape index (κ1) is 18.1. The van der Waals surface area contributed by atoms with Crippen molar-refractivity contribution in [1.29, 1.82) is 0 Å². The van der Waals surface area contributed by atoms with E-state index in [0.717, 1.165) is 19.3 Å². The SMILES string of the molecule is CCCCCNC(=O)C(C)Oc1c(Cl)cc(Cl)cc1CO. The molecule has 1 atom stereocenters. The number of amides is 1. The largest absolute Gasteiger partial charge is 0.479 e. The van der Waals surface area contributed by atoms with E-state index in [1.807, 2.05) is 0 Å². The summed E-state index contributed by atoms with van der Waals surface area (Å²) in [5.74, 6) is 0.0841. The van der Waals surface area contributed by atoms with Gasteiger partial charge in [-0.05, 0) is 25.5 Å². The molecule has 1 aromatic rings. The molecule has 0 fully saturated rings. The zero-order valence-corrected chi connectivity index (χ0v) is 13.8. The van der Waals surface area contributed by atoms with Gasteiger partial charge in [0.15, 0.2) is 6.10 Å².